The number of hydrogen-bond acceptors (Lipinski definition) is 2. The van der Waals surface area contributed by atoms with Crippen LogP contribution in [0.2, 0.25) is 0 Å². The van der Waals surface area contributed by atoms with Crippen LogP contribution >= 0.6 is 11.6 Å². The van der Waals surface area contributed by atoms with Gasteiger partial charge in [-0.05, 0) is 18.6 Å². The molecule has 1 amide bonds. The molecule has 1 aliphatic heterocycles. The second-order valence-electron chi connectivity index (χ2n) is 3.21. The van der Waals surface area contributed by atoms with Crippen LogP contribution in [0.3, 0.4) is 0 Å². The minimum Gasteiger partial charge on any atom is -0.369 e. The van der Waals surface area contributed by atoms with Crippen LogP contribution in [0.4, 0.5) is 0 Å². The molecule has 0 bridgehead atoms. The fraction of sp³-hybridized carbons (Fsp3) is 0.364. The molecular weight excluding hydrogens is 214 g/mol. The number of halogens is 1. The fourth-order valence-corrected chi connectivity index (χ4v) is 1.51. The number of rotatable bonds is 4. The highest BCUT2D eigenvalue weighted by atomic mass is 35.5. The molecule has 0 radical (unpaired) electrons. The largest absolute Gasteiger partial charge is 0.369 e. The van der Waals surface area contributed by atoms with Gasteiger partial charge in [-0.25, -0.2) is 0 Å². The average Bonchev–Trinajstić information content (AvgIpc) is 2.21. The summed E-state index contributed by atoms with van der Waals surface area (Å²) in [7, 11) is 1.49. The molecule has 0 aliphatic carbocycles. The Bertz CT molecular complexity index is 333. The number of carbonyl (C=O) groups is 1. The van der Waals surface area contributed by atoms with Gasteiger partial charge in [0, 0.05) is 12.1 Å². The quantitative estimate of drug-likeness (QED) is 0.587. The van der Waals surface area contributed by atoms with Crippen molar-refractivity contribution in [3.63, 3.8) is 0 Å². The maximum atomic E-state index is 11.1. The third-order valence-corrected chi connectivity index (χ3v) is 2.60. The number of amides is 1. The Morgan fingerprint density at radius 3 is 2.80 bits per heavy atom. The van der Waals surface area contributed by atoms with E-state index in [1.165, 1.54) is 7.11 Å². The zero-order valence-corrected chi connectivity index (χ0v) is 9.54. The first kappa shape index (κ1) is 12.0. The van der Waals surface area contributed by atoms with Gasteiger partial charge in [0.05, 0.1) is 6.04 Å². The predicted octanol–water partition coefficient (Wildman–Crippen LogP) is 1.75. The van der Waals surface area contributed by atoms with Crippen LogP contribution in [0.1, 0.15) is 6.92 Å². The van der Waals surface area contributed by atoms with E-state index in [1.807, 2.05) is 19.1 Å². The number of β-lactam (4-membered cyclic amide) rings is 1. The van der Waals surface area contributed by atoms with Crippen LogP contribution in [-0.4, -0.2) is 25.2 Å². The summed E-state index contributed by atoms with van der Waals surface area (Å²) in [4.78, 5) is 11.1. The Labute approximate surface area is 94.4 Å². The summed E-state index contributed by atoms with van der Waals surface area (Å²) in [6.07, 6.45) is 4.95. The van der Waals surface area contributed by atoms with Crippen molar-refractivity contribution in [2.45, 2.75) is 19.1 Å². The van der Waals surface area contributed by atoms with Crippen molar-refractivity contribution in [1.82, 2.24) is 5.32 Å². The zero-order valence-electron chi connectivity index (χ0n) is 8.79. The molecule has 1 saturated heterocycles. The van der Waals surface area contributed by atoms with Crippen molar-refractivity contribution in [2.24, 2.45) is 0 Å². The number of hydrogen-bond donors (Lipinski definition) is 1. The van der Waals surface area contributed by atoms with Gasteiger partial charge >= 0.3 is 0 Å². The summed E-state index contributed by atoms with van der Waals surface area (Å²) < 4.78 is 5.01. The molecule has 1 heterocycles. The Hall–Kier alpha value is -1.06. The normalized spacial score (nSPS) is 26.3. The monoisotopic (exact) mass is 227 g/mol. The first-order valence-electron chi connectivity index (χ1n) is 4.62. The first-order valence-corrected chi connectivity index (χ1v) is 5.00. The molecular formula is C11H14ClNO2. The van der Waals surface area contributed by atoms with Crippen molar-refractivity contribution in [1.29, 1.82) is 0 Å². The van der Waals surface area contributed by atoms with E-state index in [-0.39, 0.29) is 11.9 Å². The lowest BCUT2D eigenvalue weighted by atomic mass is 9.94. The molecule has 2 atom stereocenters. The van der Waals surface area contributed by atoms with Crippen molar-refractivity contribution < 1.29 is 9.53 Å². The van der Waals surface area contributed by atoms with Gasteiger partial charge in [0.25, 0.3) is 5.91 Å². The van der Waals surface area contributed by atoms with Gasteiger partial charge in [-0.2, -0.15) is 0 Å². The number of carbonyl (C=O) groups excluding carboxylic acids is 1. The van der Waals surface area contributed by atoms with E-state index in [4.69, 9.17) is 16.3 Å². The Morgan fingerprint density at radius 1 is 1.67 bits per heavy atom. The van der Waals surface area contributed by atoms with Crippen LogP contribution in [-0.2, 0) is 9.53 Å². The summed E-state index contributed by atoms with van der Waals surface area (Å²) in [5.41, 5.74) is 0.668. The first-order chi connectivity index (χ1) is 7.11. The van der Waals surface area contributed by atoms with E-state index >= 15 is 0 Å². The molecule has 0 aromatic carbocycles. The van der Waals surface area contributed by atoms with E-state index < -0.39 is 6.10 Å². The van der Waals surface area contributed by atoms with Crippen LogP contribution in [0.15, 0.2) is 35.4 Å². The average molecular weight is 228 g/mol. The molecule has 3 nitrogen and oxygen atoms in total. The number of allylic oxidation sites excluding steroid dienone is 3. The third-order valence-electron chi connectivity index (χ3n) is 2.23. The van der Waals surface area contributed by atoms with Crippen LogP contribution in [0, 0.1) is 0 Å². The lowest BCUT2D eigenvalue weighted by Gasteiger charge is -2.36. The third kappa shape index (κ3) is 2.49. The summed E-state index contributed by atoms with van der Waals surface area (Å²) in [5.74, 6) is -0.126. The topological polar surface area (TPSA) is 38.3 Å². The fourth-order valence-electron chi connectivity index (χ4n) is 1.32. The summed E-state index contributed by atoms with van der Waals surface area (Å²) >= 11 is 5.99. The van der Waals surface area contributed by atoms with Gasteiger partial charge < -0.3 is 10.1 Å². The van der Waals surface area contributed by atoms with E-state index in [9.17, 15) is 4.79 Å². The van der Waals surface area contributed by atoms with Crippen LogP contribution in [0.25, 0.3) is 0 Å². The second kappa shape index (κ2) is 5.14. The zero-order chi connectivity index (χ0) is 11.4. The lowest BCUT2D eigenvalue weighted by Crippen LogP contribution is -2.63. The number of ether oxygens (including phenoxy) is 1. The van der Waals surface area contributed by atoms with Crippen molar-refractivity contribution in [3.05, 3.63) is 35.4 Å². The molecule has 1 rings (SSSR count). The van der Waals surface area contributed by atoms with Crippen molar-refractivity contribution >= 4 is 17.5 Å². The van der Waals surface area contributed by atoms with Crippen LogP contribution in [0.5, 0.6) is 0 Å². The Morgan fingerprint density at radius 2 is 2.33 bits per heavy atom. The minimum absolute atomic E-state index is 0.126. The Balaban J connectivity index is 2.66. The van der Waals surface area contributed by atoms with E-state index in [2.05, 4.69) is 11.9 Å². The minimum atomic E-state index is -0.467. The van der Waals surface area contributed by atoms with Gasteiger partial charge in [0.15, 0.2) is 6.10 Å². The molecule has 0 saturated carbocycles. The van der Waals surface area contributed by atoms with E-state index in [1.54, 1.807) is 6.08 Å². The SMILES string of the molecule is C=C(/C(Cl)=C\C=C/C)C1NC(=O)C1OC. The molecule has 0 aromatic heterocycles. The molecule has 15 heavy (non-hydrogen) atoms. The van der Waals surface area contributed by atoms with Crippen molar-refractivity contribution in [3.8, 4) is 0 Å². The van der Waals surface area contributed by atoms with Crippen molar-refractivity contribution in [2.75, 3.05) is 7.11 Å². The maximum absolute atomic E-state index is 11.1. The van der Waals surface area contributed by atoms with Gasteiger partial charge in [-0.3, -0.25) is 4.79 Å². The van der Waals surface area contributed by atoms with Gasteiger partial charge in [-0.1, -0.05) is 30.3 Å². The molecule has 0 aromatic rings. The van der Waals surface area contributed by atoms with Gasteiger partial charge in [-0.15, -0.1) is 0 Å². The maximum Gasteiger partial charge on any atom is 0.252 e. The standard InChI is InChI=1S/C11H14ClNO2/c1-4-5-6-8(12)7(2)9-10(15-3)11(14)13-9/h4-6,9-10H,2H2,1,3H3,(H,13,14)/b5-4-,8-6+. The molecule has 1 N–H and O–H groups in total. The molecule has 82 valence electrons. The smallest absolute Gasteiger partial charge is 0.252 e. The summed E-state index contributed by atoms with van der Waals surface area (Å²) in [5, 5.41) is 3.22. The molecule has 2 unspecified atom stereocenters. The van der Waals surface area contributed by atoms with Gasteiger partial charge in [0.1, 0.15) is 0 Å². The summed E-state index contributed by atoms with van der Waals surface area (Å²) in [6.45, 7) is 5.73. The highest BCUT2D eigenvalue weighted by Crippen LogP contribution is 2.24. The van der Waals surface area contributed by atoms with E-state index in [0.717, 1.165) is 0 Å². The lowest BCUT2D eigenvalue weighted by molar-refractivity contribution is -0.143. The second-order valence-corrected chi connectivity index (χ2v) is 3.62. The summed E-state index contributed by atoms with van der Waals surface area (Å²) in [6, 6.07) is -0.212. The Kier molecular flexibility index (Phi) is 4.12. The van der Waals surface area contributed by atoms with Crippen LogP contribution < -0.4 is 5.32 Å². The predicted molar refractivity (Wildman–Crippen MR) is 60.6 cm³/mol. The molecule has 1 fully saturated rings. The van der Waals surface area contributed by atoms with Gasteiger partial charge in [0.2, 0.25) is 0 Å². The number of nitrogens with one attached hydrogen (secondary N) is 1. The molecule has 4 heteroatoms. The molecule has 1 aliphatic rings. The molecule has 0 spiro atoms. The highest BCUT2D eigenvalue weighted by Gasteiger charge is 2.41. The van der Waals surface area contributed by atoms with E-state index in [0.29, 0.717) is 10.6 Å². The highest BCUT2D eigenvalue weighted by molar-refractivity contribution is 6.32. The number of methoxy groups -OCH3 is 1.